The maximum Gasteiger partial charge on any atom is 0.157 e. The Morgan fingerprint density at radius 3 is 2.53 bits per heavy atom. The van der Waals surface area contributed by atoms with Gasteiger partial charge in [0.1, 0.15) is 11.5 Å². The number of rotatable bonds is 6. The Morgan fingerprint density at radius 2 is 1.71 bits per heavy atom. The van der Waals surface area contributed by atoms with Crippen molar-refractivity contribution >= 4 is 27.8 Å². The standard InChI is InChI=1S/C26H27N7O/c1-34-15-14-32-10-12-33(13-11-32)19-6-8-21-24(17-19)30-25(28-21)18-5-7-20-23(16-18)31-26(29-20)22-4-2-3-9-27-22/h2-9,16-17H,10-15H2,1H3,(H,28,30)(H,29,31). The lowest BCUT2D eigenvalue weighted by atomic mass is 10.2. The molecule has 6 rings (SSSR count). The van der Waals surface area contributed by atoms with Gasteiger partial charge in [-0.3, -0.25) is 9.88 Å². The van der Waals surface area contributed by atoms with E-state index in [1.165, 1.54) is 5.69 Å². The van der Waals surface area contributed by atoms with E-state index < -0.39 is 0 Å². The lowest BCUT2D eigenvalue weighted by Crippen LogP contribution is -2.47. The molecule has 1 aliphatic heterocycles. The number of anilines is 1. The first-order valence-corrected chi connectivity index (χ1v) is 11.6. The highest BCUT2D eigenvalue weighted by Crippen LogP contribution is 2.28. The van der Waals surface area contributed by atoms with Crippen molar-refractivity contribution in [2.75, 3.05) is 51.3 Å². The number of ether oxygens (including phenoxy) is 1. The van der Waals surface area contributed by atoms with Crippen LogP contribution in [0.5, 0.6) is 0 Å². The van der Waals surface area contributed by atoms with Crippen molar-refractivity contribution in [1.82, 2.24) is 29.8 Å². The van der Waals surface area contributed by atoms with Crippen LogP contribution in [0.25, 0.3) is 45.0 Å². The number of pyridine rings is 1. The predicted octanol–water partition coefficient (Wildman–Crippen LogP) is 3.94. The first-order chi connectivity index (χ1) is 16.8. The van der Waals surface area contributed by atoms with Gasteiger partial charge in [0.25, 0.3) is 0 Å². The molecule has 1 fully saturated rings. The Labute approximate surface area is 197 Å². The second-order valence-electron chi connectivity index (χ2n) is 8.64. The number of aromatic nitrogens is 5. The number of hydrogen-bond donors (Lipinski definition) is 2. The summed E-state index contributed by atoms with van der Waals surface area (Å²) in [6, 6.07) is 18.5. The molecule has 0 aliphatic carbocycles. The van der Waals surface area contributed by atoms with Crippen molar-refractivity contribution in [2.45, 2.75) is 0 Å². The monoisotopic (exact) mass is 453 g/mol. The maximum atomic E-state index is 5.21. The van der Waals surface area contributed by atoms with Crippen LogP contribution in [0.3, 0.4) is 0 Å². The number of nitrogens with one attached hydrogen (secondary N) is 2. The summed E-state index contributed by atoms with van der Waals surface area (Å²) in [6.07, 6.45) is 1.78. The van der Waals surface area contributed by atoms with E-state index in [0.29, 0.717) is 0 Å². The molecule has 0 saturated carbocycles. The molecule has 172 valence electrons. The molecule has 1 aliphatic rings. The van der Waals surface area contributed by atoms with Crippen molar-refractivity contribution in [3.63, 3.8) is 0 Å². The fourth-order valence-corrected chi connectivity index (χ4v) is 4.56. The van der Waals surface area contributed by atoms with Gasteiger partial charge in [0.15, 0.2) is 5.82 Å². The van der Waals surface area contributed by atoms with E-state index in [9.17, 15) is 0 Å². The van der Waals surface area contributed by atoms with E-state index in [4.69, 9.17) is 9.72 Å². The lowest BCUT2D eigenvalue weighted by Gasteiger charge is -2.35. The zero-order valence-corrected chi connectivity index (χ0v) is 19.2. The molecule has 2 N–H and O–H groups in total. The average molecular weight is 454 g/mol. The quantitative estimate of drug-likeness (QED) is 0.405. The molecule has 0 unspecified atom stereocenters. The third-order valence-electron chi connectivity index (χ3n) is 6.48. The SMILES string of the molecule is COCCN1CCN(c2ccc3[nH]c(-c4ccc5nc(-c6ccccn6)[nH]c5c4)nc3c2)CC1. The number of hydrogen-bond acceptors (Lipinski definition) is 6. The largest absolute Gasteiger partial charge is 0.383 e. The highest BCUT2D eigenvalue weighted by molar-refractivity contribution is 5.86. The van der Waals surface area contributed by atoms with E-state index >= 15 is 0 Å². The molecular formula is C26H27N7O. The number of H-pyrrole nitrogens is 2. The summed E-state index contributed by atoms with van der Waals surface area (Å²) in [4.78, 5) is 25.7. The normalized spacial score (nSPS) is 14.9. The van der Waals surface area contributed by atoms with Crippen LogP contribution in [-0.2, 0) is 4.74 Å². The molecule has 34 heavy (non-hydrogen) atoms. The number of nitrogens with zero attached hydrogens (tertiary/aromatic N) is 5. The molecule has 8 heteroatoms. The second kappa shape index (κ2) is 8.89. The fraction of sp³-hybridized carbons (Fsp3) is 0.269. The first kappa shape index (κ1) is 20.8. The van der Waals surface area contributed by atoms with Crippen LogP contribution in [0.1, 0.15) is 0 Å². The van der Waals surface area contributed by atoms with E-state index in [1.807, 2.05) is 24.3 Å². The number of aromatic amines is 2. The van der Waals surface area contributed by atoms with Gasteiger partial charge in [0, 0.05) is 57.3 Å². The maximum absolute atomic E-state index is 5.21. The molecule has 3 aromatic heterocycles. The Bertz CT molecular complexity index is 1420. The van der Waals surface area contributed by atoms with Gasteiger partial charge in [-0.15, -0.1) is 0 Å². The summed E-state index contributed by atoms with van der Waals surface area (Å²) in [6.45, 7) is 5.92. The molecular weight excluding hydrogens is 426 g/mol. The Morgan fingerprint density at radius 1 is 0.853 bits per heavy atom. The summed E-state index contributed by atoms with van der Waals surface area (Å²) in [5.74, 6) is 1.62. The third-order valence-corrected chi connectivity index (χ3v) is 6.48. The molecule has 8 nitrogen and oxygen atoms in total. The van der Waals surface area contributed by atoms with Crippen LogP contribution in [0.2, 0.25) is 0 Å². The smallest absolute Gasteiger partial charge is 0.157 e. The summed E-state index contributed by atoms with van der Waals surface area (Å²) >= 11 is 0. The van der Waals surface area contributed by atoms with Crippen LogP contribution in [-0.4, -0.2) is 76.3 Å². The van der Waals surface area contributed by atoms with Gasteiger partial charge >= 0.3 is 0 Å². The minimum Gasteiger partial charge on any atom is -0.383 e. The molecule has 0 bridgehead atoms. The first-order valence-electron chi connectivity index (χ1n) is 11.6. The lowest BCUT2D eigenvalue weighted by molar-refractivity contribution is 0.144. The zero-order chi connectivity index (χ0) is 22.9. The minimum absolute atomic E-state index is 0.768. The summed E-state index contributed by atoms with van der Waals surface area (Å²) < 4.78 is 5.21. The van der Waals surface area contributed by atoms with Crippen molar-refractivity contribution in [3.05, 3.63) is 60.8 Å². The zero-order valence-electron chi connectivity index (χ0n) is 19.2. The Balaban J connectivity index is 1.24. The van der Waals surface area contributed by atoms with Crippen LogP contribution in [0.4, 0.5) is 5.69 Å². The van der Waals surface area contributed by atoms with Crippen LogP contribution >= 0.6 is 0 Å². The topological polar surface area (TPSA) is 86.0 Å². The Kier molecular flexibility index (Phi) is 5.44. The van der Waals surface area contributed by atoms with Crippen molar-refractivity contribution in [2.24, 2.45) is 0 Å². The van der Waals surface area contributed by atoms with Gasteiger partial charge in [0.2, 0.25) is 0 Å². The number of fused-ring (bicyclic) bond motifs is 2. The number of methoxy groups -OCH3 is 1. The number of imidazole rings is 2. The van der Waals surface area contributed by atoms with Crippen molar-refractivity contribution in [3.8, 4) is 22.9 Å². The minimum atomic E-state index is 0.768. The van der Waals surface area contributed by atoms with Crippen LogP contribution in [0.15, 0.2) is 60.8 Å². The predicted molar refractivity (Wildman–Crippen MR) is 135 cm³/mol. The fourth-order valence-electron chi connectivity index (χ4n) is 4.56. The van der Waals surface area contributed by atoms with E-state index in [-0.39, 0.29) is 0 Å². The molecule has 1 saturated heterocycles. The van der Waals surface area contributed by atoms with Crippen LogP contribution < -0.4 is 4.90 Å². The summed E-state index contributed by atoms with van der Waals surface area (Å²) in [5.41, 5.74) is 6.97. The van der Waals surface area contributed by atoms with E-state index in [2.05, 4.69) is 60.1 Å². The molecule has 0 spiro atoms. The molecule has 0 amide bonds. The highest BCUT2D eigenvalue weighted by Gasteiger charge is 2.18. The van der Waals surface area contributed by atoms with Crippen molar-refractivity contribution in [1.29, 1.82) is 0 Å². The van der Waals surface area contributed by atoms with Crippen LogP contribution in [0, 0.1) is 0 Å². The molecule has 0 radical (unpaired) electrons. The number of piperazine rings is 1. The highest BCUT2D eigenvalue weighted by atomic mass is 16.5. The van der Waals surface area contributed by atoms with Gasteiger partial charge in [-0.25, -0.2) is 9.97 Å². The molecule has 0 atom stereocenters. The molecule has 2 aromatic carbocycles. The Hall–Kier alpha value is -3.75. The van der Waals surface area contributed by atoms with Gasteiger partial charge in [0.05, 0.1) is 28.7 Å². The van der Waals surface area contributed by atoms with Gasteiger partial charge in [-0.05, 0) is 48.5 Å². The van der Waals surface area contributed by atoms with Gasteiger partial charge in [-0.1, -0.05) is 6.07 Å². The van der Waals surface area contributed by atoms with Crippen molar-refractivity contribution < 1.29 is 4.74 Å². The summed E-state index contributed by atoms with van der Waals surface area (Å²) in [5, 5.41) is 0. The third kappa shape index (κ3) is 4.02. The average Bonchev–Trinajstić information content (AvgIpc) is 3.51. The van der Waals surface area contributed by atoms with Gasteiger partial charge < -0.3 is 19.6 Å². The summed E-state index contributed by atoms with van der Waals surface area (Å²) in [7, 11) is 1.76. The van der Waals surface area contributed by atoms with E-state index in [1.54, 1.807) is 13.3 Å². The van der Waals surface area contributed by atoms with Gasteiger partial charge in [-0.2, -0.15) is 0 Å². The second-order valence-corrected chi connectivity index (χ2v) is 8.64. The molecule has 4 heterocycles. The van der Waals surface area contributed by atoms with E-state index in [0.717, 1.165) is 84.3 Å². The number of benzene rings is 2. The molecule has 5 aromatic rings.